The molecule has 1 aromatic carbocycles. The zero-order valence-electron chi connectivity index (χ0n) is 17.5. The minimum Gasteiger partial charge on any atom is -0.444 e. The Morgan fingerprint density at radius 1 is 1.24 bits per heavy atom. The lowest BCUT2D eigenvalue weighted by atomic mass is 10.0. The van der Waals surface area contributed by atoms with Crippen molar-refractivity contribution >= 4 is 12.0 Å². The Kier molecular flexibility index (Phi) is 6.20. The third kappa shape index (κ3) is 5.56. The average Bonchev–Trinajstić information content (AvgIpc) is 3.17. The van der Waals surface area contributed by atoms with Gasteiger partial charge in [0.05, 0.1) is 11.9 Å². The van der Waals surface area contributed by atoms with E-state index in [1.807, 2.05) is 39.0 Å². The molecule has 29 heavy (non-hydrogen) atoms. The molecule has 0 bridgehead atoms. The minimum atomic E-state index is -0.525. The summed E-state index contributed by atoms with van der Waals surface area (Å²) in [6, 6.07) is 8.01. The van der Waals surface area contributed by atoms with Crippen molar-refractivity contribution in [1.82, 2.24) is 25.2 Å². The number of hydrogen-bond donors (Lipinski definition) is 1. The number of aromatic nitrogens is 3. The molecule has 0 aliphatic carbocycles. The highest BCUT2D eigenvalue weighted by molar-refractivity contribution is 5.92. The van der Waals surface area contributed by atoms with Gasteiger partial charge in [-0.1, -0.05) is 24.3 Å². The smallest absolute Gasteiger partial charge is 0.407 e. The van der Waals surface area contributed by atoms with Gasteiger partial charge in [-0.05, 0) is 57.7 Å². The highest BCUT2D eigenvalue weighted by Gasteiger charge is 2.27. The van der Waals surface area contributed by atoms with E-state index in [0.29, 0.717) is 31.6 Å². The van der Waals surface area contributed by atoms with Crippen LogP contribution in [0.2, 0.25) is 0 Å². The van der Waals surface area contributed by atoms with Gasteiger partial charge in [0, 0.05) is 19.1 Å². The molecule has 0 atom stereocenters. The molecule has 2 heterocycles. The van der Waals surface area contributed by atoms with Crippen LogP contribution in [0, 0.1) is 0 Å². The number of carbonyl (C=O) groups is 2. The Morgan fingerprint density at radius 2 is 1.97 bits per heavy atom. The van der Waals surface area contributed by atoms with Gasteiger partial charge in [-0.15, -0.1) is 5.10 Å². The number of carbonyl (C=O) groups excluding carboxylic acids is 2. The third-order valence-corrected chi connectivity index (χ3v) is 4.80. The van der Waals surface area contributed by atoms with Gasteiger partial charge in [0.2, 0.25) is 0 Å². The van der Waals surface area contributed by atoms with Gasteiger partial charge < -0.3 is 15.0 Å². The van der Waals surface area contributed by atoms with Gasteiger partial charge in [-0.2, -0.15) is 0 Å². The summed E-state index contributed by atoms with van der Waals surface area (Å²) < 4.78 is 6.92. The summed E-state index contributed by atoms with van der Waals surface area (Å²) in [7, 11) is 0. The van der Waals surface area contributed by atoms with E-state index < -0.39 is 11.7 Å². The fraction of sp³-hybridized carbons (Fsp3) is 0.524. The first-order valence-corrected chi connectivity index (χ1v) is 10.1. The summed E-state index contributed by atoms with van der Waals surface area (Å²) in [5.74, 6) is -0.140. The SMILES string of the molecule is CCc1cccc(-n2cc(C(=O)N3CCC(NC(=O)OC(C)(C)C)CC3)nn2)c1. The Labute approximate surface area is 171 Å². The average molecular weight is 399 g/mol. The van der Waals surface area contributed by atoms with Crippen LogP contribution in [0.4, 0.5) is 4.79 Å². The number of ether oxygens (including phenoxy) is 1. The lowest BCUT2D eigenvalue weighted by molar-refractivity contribution is 0.0473. The molecule has 0 radical (unpaired) electrons. The van der Waals surface area contributed by atoms with Crippen LogP contribution in [0.5, 0.6) is 0 Å². The molecular formula is C21H29N5O3. The maximum atomic E-state index is 12.8. The zero-order valence-corrected chi connectivity index (χ0v) is 17.5. The maximum absolute atomic E-state index is 12.8. The van der Waals surface area contributed by atoms with E-state index >= 15 is 0 Å². The van der Waals surface area contributed by atoms with E-state index in [9.17, 15) is 9.59 Å². The van der Waals surface area contributed by atoms with Crippen LogP contribution in [0.25, 0.3) is 5.69 Å². The summed E-state index contributed by atoms with van der Waals surface area (Å²) in [5, 5.41) is 11.1. The second kappa shape index (κ2) is 8.63. The zero-order chi connectivity index (χ0) is 21.0. The second-order valence-corrected chi connectivity index (χ2v) is 8.28. The fourth-order valence-electron chi connectivity index (χ4n) is 3.27. The van der Waals surface area contributed by atoms with E-state index in [4.69, 9.17) is 4.74 Å². The fourth-order valence-corrected chi connectivity index (χ4v) is 3.27. The number of aryl methyl sites for hydroxylation is 1. The molecule has 156 valence electrons. The number of alkyl carbamates (subject to hydrolysis) is 1. The molecule has 1 aromatic heterocycles. The van der Waals surface area contributed by atoms with Gasteiger partial charge in [-0.25, -0.2) is 9.48 Å². The molecule has 2 amide bonds. The summed E-state index contributed by atoms with van der Waals surface area (Å²) in [5.41, 5.74) is 1.88. The lowest BCUT2D eigenvalue weighted by Crippen LogP contribution is -2.47. The van der Waals surface area contributed by atoms with Gasteiger partial charge in [0.15, 0.2) is 5.69 Å². The first-order valence-electron chi connectivity index (χ1n) is 10.1. The summed E-state index contributed by atoms with van der Waals surface area (Å²) in [6.45, 7) is 8.70. The summed E-state index contributed by atoms with van der Waals surface area (Å²) in [4.78, 5) is 26.4. The van der Waals surface area contributed by atoms with E-state index in [-0.39, 0.29) is 11.9 Å². The van der Waals surface area contributed by atoms with Crippen molar-refractivity contribution in [1.29, 1.82) is 0 Å². The number of nitrogens with one attached hydrogen (secondary N) is 1. The Hall–Kier alpha value is -2.90. The molecule has 8 heteroatoms. The number of likely N-dealkylation sites (tertiary alicyclic amines) is 1. The predicted octanol–water partition coefficient (Wildman–Crippen LogP) is 2.96. The molecular weight excluding hydrogens is 370 g/mol. The number of nitrogens with zero attached hydrogens (tertiary/aromatic N) is 4. The van der Waals surface area contributed by atoms with Gasteiger partial charge in [-0.3, -0.25) is 4.79 Å². The Morgan fingerprint density at radius 3 is 2.62 bits per heavy atom. The maximum Gasteiger partial charge on any atom is 0.407 e. The first kappa shape index (κ1) is 20.8. The van der Waals surface area contributed by atoms with Crippen LogP contribution in [-0.4, -0.2) is 56.6 Å². The molecule has 1 fully saturated rings. The third-order valence-electron chi connectivity index (χ3n) is 4.80. The summed E-state index contributed by atoms with van der Waals surface area (Å²) >= 11 is 0. The normalized spacial score (nSPS) is 15.2. The molecule has 1 aliphatic rings. The van der Waals surface area contributed by atoms with Gasteiger partial charge >= 0.3 is 6.09 Å². The highest BCUT2D eigenvalue weighted by atomic mass is 16.6. The molecule has 1 N–H and O–H groups in total. The number of hydrogen-bond acceptors (Lipinski definition) is 5. The quantitative estimate of drug-likeness (QED) is 0.854. The number of amides is 2. The Bertz CT molecular complexity index is 863. The van der Waals surface area contributed by atoms with Crippen molar-refractivity contribution in [3.63, 3.8) is 0 Å². The van der Waals surface area contributed by atoms with Crippen LogP contribution >= 0.6 is 0 Å². The van der Waals surface area contributed by atoms with Crippen LogP contribution in [0.3, 0.4) is 0 Å². The van der Waals surface area contributed by atoms with Crippen molar-refractivity contribution in [2.75, 3.05) is 13.1 Å². The van der Waals surface area contributed by atoms with Gasteiger partial charge in [0.25, 0.3) is 5.91 Å². The molecule has 8 nitrogen and oxygen atoms in total. The molecule has 2 aromatic rings. The van der Waals surface area contributed by atoms with E-state index in [2.05, 4.69) is 28.6 Å². The van der Waals surface area contributed by atoms with Crippen LogP contribution in [0.15, 0.2) is 30.5 Å². The number of benzene rings is 1. The largest absolute Gasteiger partial charge is 0.444 e. The van der Waals surface area contributed by atoms with Gasteiger partial charge in [0.1, 0.15) is 5.60 Å². The Balaban J connectivity index is 1.56. The topological polar surface area (TPSA) is 89.4 Å². The lowest BCUT2D eigenvalue weighted by Gasteiger charge is -2.32. The van der Waals surface area contributed by atoms with Crippen LogP contribution in [-0.2, 0) is 11.2 Å². The standard InChI is InChI=1S/C21H29N5O3/c1-5-15-7-6-8-17(13-15)26-14-18(23-24-26)19(27)25-11-9-16(10-12-25)22-20(28)29-21(2,3)4/h6-8,13-14,16H,5,9-12H2,1-4H3,(H,22,28). The van der Waals surface area contributed by atoms with Crippen LogP contribution in [0.1, 0.15) is 56.6 Å². The minimum absolute atomic E-state index is 0.00126. The molecule has 3 rings (SSSR count). The van der Waals surface area contributed by atoms with Crippen LogP contribution < -0.4 is 5.32 Å². The highest BCUT2D eigenvalue weighted by Crippen LogP contribution is 2.16. The van der Waals surface area contributed by atoms with E-state index in [1.165, 1.54) is 5.56 Å². The number of piperidine rings is 1. The van der Waals surface area contributed by atoms with Crippen molar-refractivity contribution in [2.24, 2.45) is 0 Å². The van der Waals surface area contributed by atoms with Crippen molar-refractivity contribution in [3.05, 3.63) is 41.7 Å². The molecule has 0 unspecified atom stereocenters. The number of rotatable bonds is 4. The summed E-state index contributed by atoms with van der Waals surface area (Å²) in [6.07, 6.45) is 3.54. The molecule has 1 aliphatic heterocycles. The van der Waals surface area contributed by atoms with Crippen molar-refractivity contribution < 1.29 is 14.3 Å². The first-order chi connectivity index (χ1) is 13.7. The molecule has 0 spiro atoms. The van der Waals surface area contributed by atoms with Crippen molar-refractivity contribution in [3.8, 4) is 5.69 Å². The molecule has 1 saturated heterocycles. The van der Waals surface area contributed by atoms with E-state index in [0.717, 1.165) is 12.1 Å². The second-order valence-electron chi connectivity index (χ2n) is 8.28. The predicted molar refractivity (Wildman–Crippen MR) is 109 cm³/mol. The van der Waals surface area contributed by atoms with Crippen molar-refractivity contribution in [2.45, 2.75) is 58.6 Å². The van der Waals surface area contributed by atoms with E-state index in [1.54, 1.807) is 15.8 Å². The monoisotopic (exact) mass is 399 g/mol. The molecule has 0 saturated carbocycles.